The summed E-state index contributed by atoms with van der Waals surface area (Å²) in [4.78, 5) is 23.8. The Kier molecular flexibility index (Phi) is 2.21. The minimum absolute atomic E-state index is 0.0569. The molecule has 0 radical (unpaired) electrons. The highest BCUT2D eigenvalue weighted by Crippen LogP contribution is 2.71. The first-order chi connectivity index (χ1) is 9.76. The van der Waals surface area contributed by atoms with Crippen LogP contribution in [0, 0.1) is 22.7 Å². The number of epoxide rings is 1. The van der Waals surface area contributed by atoms with Crippen molar-refractivity contribution >= 4 is 11.9 Å². The molecule has 2 aliphatic heterocycles. The van der Waals surface area contributed by atoms with Crippen LogP contribution in [0.5, 0.6) is 0 Å². The molecule has 3 fully saturated rings. The van der Waals surface area contributed by atoms with Crippen molar-refractivity contribution < 1.29 is 29.3 Å². The zero-order valence-electron chi connectivity index (χ0n) is 12.0. The number of esters is 1. The van der Waals surface area contributed by atoms with Crippen molar-refractivity contribution in [2.45, 2.75) is 32.0 Å². The Morgan fingerprint density at radius 3 is 2.67 bits per heavy atom. The van der Waals surface area contributed by atoms with Crippen molar-refractivity contribution in [3.63, 3.8) is 0 Å². The number of cyclic esters (lactones) is 1. The molecule has 2 saturated heterocycles. The van der Waals surface area contributed by atoms with E-state index in [1.54, 1.807) is 6.08 Å². The van der Waals surface area contributed by atoms with Gasteiger partial charge in [0.15, 0.2) is 5.60 Å². The first-order valence-electron chi connectivity index (χ1n) is 7.20. The Morgan fingerprint density at radius 2 is 2.10 bits per heavy atom. The van der Waals surface area contributed by atoms with Crippen molar-refractivity contribution in [3.8, 4) is 0 Å². The lowest BCUT2D eigenvalue weighted by Gasteiger charge is -2.44. The number of aliphatic hydroxyl groups is 1. The lowest BCUT2D eigenvalue weighted by Crippen LogP contribution is -2.56. The highest BCUT2D eigenvalue weighted by Gasteiger charge is 2.81. The van der Waals surface area contributed by atoms with Gasteiger partial charge in [0.05, 0.1) is 19.3 Å². The van der Waals surface area contributed by atoms with Crippen LogP contribution >= 0.6 is 0 Å². The fourth-order valence-corrected chi connectivity index (χ4v) is 5.00. The Hall–Kier alpha value is -1.40. The van der Waals surface area contributed by atoms with Crippen LogP contribution in [0.2, 0.25) is 0 Å². The Labute approximate surface area is 121 Å². The number of hydrogen-bond acceptors (Lipinski definition) is 5. The number of rotatable bonds is 1. The van der Waals surface area contributed by atoms with E-state index in [0.29, 0.717) is 6.42 Å². The molecule has 2 N–H and O–H groups in total. The smallest absolute Gasteiger partial charge is 0.341 e. The maximum absolute atomic E-state index is 12.3. The van der Waals surface area contributed by atoms with Gasteiger partial charge < -0.3 is 19.7 Å². The van der Waals surface area contributed by atoms with Gasteiger partial charge in [0.2, 0.25) is 0 Å². The summed E-state index contributed by atoms with van der Waals surface area (Å²) in [6, 6.07) is 0. The molecule has 1 saturated carbocycles. The van der Waals surface area contributed by atoms with Crippen LogP contribution in [0.15, 0.2) is 11.6 Å². The number of ether oxygens (including phenoxy) is 2. The summed E-state index contributed by atoms with van der Waals surface area (Å²) in [6.07, 6.45) is 1.50. The van der Waals surface area contributed by atoms with Gasteiger partial charge >= 0.3 is 11.9 Å². The predicted molar refractivity (Wildman–Crippen MR) is 69.2 cm³/mol. The average molecular weight is 294 g/mol. The topological polar surface area (TPSA) is 96.4 Å². The third kappa shape index (κ3) is 1.27. The van der Waals surface area contributed by atoms with Crippen molar-refractivity contribution in [2.75, 3.05) is 13.2 Å². The third-order valence-electron chi connectivity index (χ3n) is 5.98. The average Bonchev–Trinajstić information content (AvgIpc) is 3.08. The van der Waals surface area contributed by atoms with Gasteiger partial charge in [-0.15, -0.1) is 0 Å². The lowest BCUT2D eigenvalue weighted by atomic mass is 9.61. The van der Waals surface area contributed by atoms with E-state index in [1.165, 1.54) is 0 Å². The van der Waals surface area contributed by atoms with Gasteiger partial charge in [-0.3, -0.25) is 0 Å². The second-order valence-electron chi connectivity index (χ2n) is 7.37. The molecule has 21 heavy (non-hydrogen) atoms. The molecule has 2 heterocycles. The Morgan fingerprint density at radius 1 is 1.43 bits per heavy atom. The number of carbonyl (C=O) groups is 2. The largest absolute Gasteiger partial charge is 0.478 e. The molecule has 4 aliphatic rings. The van der Waals surface area contributed by atoms with E-state index in [9.17, 15) is 19.8 Å². The maximum atomic E-state index is 12.3. The normalized spacial score (nSPS) is 49.4. The lowest BCUT2D eigenvalue weighted by molar-refractivity contribution is -0.175. The second-order valence-corrected chi connectivity index (χ2v) is 7.37. The summed E-state index contributed by atoms with van der Waals surface area (Å²) in [5, 5.41) is 20.1. The molecule has 6 heteroatoms. The van der Waals surface area contributed by atoms with Crippen LogP contribution in [0.3, 0.4) is 0 Å². The van der Waals surface area contributed by atoms with Crippen LogP contribution < -0.4 is 0 Å². The minimum atomic E-state index is -1.07. The molecule has 2 aliphatic carbocycles. The van der Waals surface area contributed by atoms with Crippen molar-refractivity contribution in [1.82, 2.24) is 0 Å². The number of hydrogen-bond donors (Lipinski definition) is 2. The van der Waals surface area contributed by atoms with E-state index >= 15 is 0 Å². The summed E-state index contributed by atoms with van der Waals surface area (Å²) in [5.41, 5.74) is -1.89. The van der Waals surface area contributed by atoms with E-state index in [2.05, 4.69) is 0 Å². The van der Waals surface area contributed by atoms with Gasteiger partial charge in [-0.1, -0.05) is 19.9 Å². The van der Waals surface area contributed by atoms with Gasteiger partial charge in [0.1, 0.15) is 0 Å². The Bertz CT molecular complexity index is 587. The molecule has 4 rings (SSSR count). The van der Waals surface area contributed by atoms with Crippen molar-refractivity contribution in [1.29, 1.82) is 0 Å². The third-order valence-corrected chi connectivity index (χ3v) is 5.98. The molecular formula is C15H18O6. The molecule has 0 aromatic rings. The maximum Gasteiger partial charge on any atom is 0.341 e. The van der Waals surface area contributed by atoms with Crippen LogP contribution in [0.1, 0.15) is 20.3 Å². The molecule has 0 aromatic carbocycles. The van der Waals surface area contributed by atoms with Gasteiger partial charge in [-0.05, 0) is 11.8 Å². The summed E-state index contributed by atoms with van der Waals surface area (Å²) in [5.74, 6) is -2.20. The van der Waals surface area contributed by atoms with E-state index < -0.39 is 35.0 Å². The first-order valence-corrected chi connectivity index (χ1v) is 7.20. The Balaban J connectivity index is 1.91. The summed E-state index contributed by atoms with van der Waals surface area (Å²) >= 11 is 0. The predicted octanol–water partition coefficient (Wildman–Crippen LogP) is 0.346. The van der Waals surface area contributed by atoms with Crippen LogP contribution in [0.25, 0.3) is 0 Å². The molecular weight excluding hydrogens is 276 g/mol. The molecule has 0 unspecified atom stereocenters. The summed E-state index contributed by atoms with van der Waals surface area (Å²) < 4.78 is 10.7. The molecule has 0 amide bonds. The van der Waals surface area contributed by atoms with Gasteiger partial charge in [-0.25, -0.2) is 9.59 Å². The van der Waals surface area contributed by atoms with E-state index in [4.69, 9.17) is 9.47 Å². The van der Waals surface area contributed by atoms with Crippen LogP contribution in [0.4, 0.5) is 0 Å². The van der Waals surface area contributed by atoms with Gasteiger partial charge in [0.25, 0.3) is 0 Å². The molecule has 5 atom stereocenters. The zero-order chi connectivity index (χ0) is 15.2. The monoisotopic (exact) mass is 294 g/mol. The molecule has 2 spiro atoms. The number of carbonyl (C=O) groups excluding carboxylic acids is 1. The first kappa shape index (κ1) is 13.3. The fourth-order valence-electron chi connectivity index (χ4n) is 5.00. The molecule has 6 nitrogen and oxygen atoms in total. The van der Waals surface area contributed by atoms with E-state index in [-0.39, 0.29) is 30.1 Å². The second kappa shape index (κ2) is 3.50. The van der Waals surface area contributed by atoms with Gasteiger partial charge in [0, 0.05) is 22.8 Å². The van der Waals surface area contributed by atoms with E-state index in [1.807, 2.05) is 13.8 Å². The highest BCUT2D eigenvalue weighted by atomic mass is 16.6. The quantitative estimate of drug-likeness (QED) is 0.535. The highest BCUT2D eigenvalue weighted by molar-refractivity contribution is 5.92. The number of aliphatic hydroxyl groups excluding tert-OH is 1. The summed E-state index contributed by atoms with van der Waals surface area (Å²) in [6.45, 7) is 4.21. The van der Waals surface area contributed by atoms with Crippen LogP contribution in [-0.2, 0) is 19.1 Å². The minimum Gasteiger partial charge on any atom is -0.478 e. The van der Waals surface area contributed by atoms with Crippen LogP contribution in [-0.4, -0.2) is 47.1 Å². The zero-order valence-corrected chi connectivity index (χ0v) is 12.0. The van der Waals surface area contributed by atoms with Gasteiger partial charge in [-0.2, -0.15) is 0 Å². The fraction of sp³-hybridized carbons (Fsp3) is 0.733. The standard InChI is InChI=1S/C15H18O6/c1-13(2)5-14-8(10(13)16)3-7(11(17)18)9(14)4-20-12(19)15(14)6-21-15/h3,8-10,16H,4-6H2,1-2H3,(H,17,18)/t8-,9+,10-,14-,15+/m1/s1. The van der Waals surface area contributed by atoms with Crippen molar-refractivity contribution in [3.05, 3.63) is 11.6 Å². The number of carboxylic acid groups (broad SMARTS) is 1. The molecule has 0 bridgehead atoms. The van der Waals surface area contributed by atoms with E-state index in [0.717, 1.165) is 0 Å². The van der Waals surface area contributed by atoms with Crippen molar-refractivity contribution in [2.24, 2.45) is 22.7 Å². The number of carboxylic acids is 1. The molecule has 114 valence electrons. The SMILES string of the molecule is CC1(C)C[C@@]23[C@H](C=C(C(=O)O)[C@@H]2COC(=O)[C@@]32CO2)[C@H]1O. The summed E-state index contributed by atoms with van der Waals surface area (Å²) in [7, 11) is 0. The molecule has 0 aromatic heterocycles. The number of aliphatic carboxylic acids is 1.